The zero-order valence-corrected chi connectivity index (χ0v) is 18.8. The molecule has 2 rings (SSSR count). The van der Waals surface area contributed by atoms with Crippen LogP contribution < -0.4 is 4.74 Å². The fourth-order valence-electron chi connectivity index (χ4n) is 2.80. The number of ketones is 4. The molecule has 0 fully saturated rings. The fourth-order valence-corrected chi connectivity index (χ4v) is 2.80. The molecule has 0 bridgehead atoms. The largest absolute Gasteiger partial charge is 0.489 e. The summed E-state index contributed by atoms with van der Waals surface area (Å²) in [5, 5.41) is 0. The summed E-state index contributed by atoms with van der Waals surface area (Å²) in [5.74, 6) is -4.50. The van der Waals surface area contributed by atoms with Gasteiger partial charge in [0.25, 0.3) is 0 Å². The van der Waals surface area contributed by atoms with E-state index >= 15 is 0 Å². The first-order chi connectivity index (χ1) is 16.2. The number of ether oxygens (including phenoxy) is 3. The van der Waals surface area contributed by atoms with Gasteiger partial charge in [0.2, 0.25) is 11.6 Å². The molecule has 0 spiro atoms. The Balaban J connectivity index is 1.93. The van der Waals surface area contributed by atoms with Crippen molar-refractivity contribution in [3.05, 3.63) is 65.2 Å². The minimum Gasteiger partial charge on any atom is -0.489 e. The highest BCUT2D eigenvalue weighted by molar-refractivity contribution is 6.38. The Morgan fingerprint density at radius 3 is 1.74 bits per heavy atom. The van der Waals surface area contributed by atoms with Gasteiger partial charge >= 0.3 is 11.9 Å². The Morgan fingerprint density at radius 1 is 0.676 bits per heavy atom. The molecule has 0 aromatic heterocycles. The van der Waals surface area contributed by atoms with E-state index in [2.05, 4.69) is 9.47 Å². The maximum atomic E-state index is 12.3. The zero-order chi connectivity index (χ0) is 25.1. The number of hydrogen-bond donors (Lipinski definition) is 0. The molecule has 34 heavy (non-hydrogen) atoms. The van der Waals surface area contributed by atoms with Crippen LogP contribution in [0.3, 0.4) is 0 Å². The minimum atomic E-state index is -1.04. The van der Waals surface area contributed by atoms with Crippen LogP contribution in [-0.2, 0) is 35.3 Å². The Labute approximate surface area is 196 Å². The van der Waals surface area contributed by atoms with E-state index in [4.69, 9.17) is 4.74 Å². The summed E-state index contributed by atoms with van der Waals surface area (Å²) in [7, 11) is 0. The fraction of sp³-hybridized carbons (Fsp3) is 0.280. The second kappa shape index (κ2) is 12.8. The molecule has 9 heteroatoms. The zero-order valence-electron chi connectivity index (χ0n) is 18.8. The highest BCUT2D eigenvalue weighted by Crippen LogP contribution is 2.17. The van der Waals surface area contributed by atoms with Gasteiger partial charge in [0.15, 0.2) is 11.6 Å². The molecule has 0 atom stereocenters. The first kappa shape index (κ1) is 26.1. The van der Waals surface area contributed by atoms with Crippen LogP contribution in [0.2, 0.25) is 0 Å². The second-order valence-corrected chi connectivity index (χ2v) is 7.00. The van der Waals surface area contributed by atoms with Gasteiger partial charge in [-0.2, -0.15) is 0 Å². The molecular weight excluding hydrogens is 444 g/mol. The second-order valence-electron chi connectivity index (χ2n) is 7.00. The summed E-state index contributed by atoms with van der Waals surface area (Å²) < 4.78 is 14.8. The van der Waals surface area contributed by atoms with E-state index in [1.54, 1.807) is 32.0 Å². The molecule has 9 nitrogen and oxygen atoms in total. The van der Waals surface area contributed by atoms with Crippen LogP contribution in [0.5, 0.6) is 5.75 Å². The molecule has 0 heterocycles. The molecule has 0 saturated heterocycles. The van der Waals surface area contributed by atoms with Crippen LogP contribution in [0.25, 0.3) is 0 Å². The molecule has 0 amide bonds. The predicted octanol–water partition coefficient (Wildman–Crippen LogP) is 2.68. The molecular formula is C25H24O9. The van der Waals surface area contributed by atoms with Crippen molar-refractivity contribution in [1.29, 1.82) is 0 Å². The third-order valence-electron chi connectivity index (χ3n) is 4.48. The van der Waals surface area contributed by atoms with E-state index < -0.39 is 47.9 Å². The van der Waals surface area contributed by atoms with Gasteiger partial charge in [0.1, 0.15) is 12.4 Å². The monoisotopic (exact) mass is 468 g/mol. The molecule has 178 valence electrons. The van der Waals surface area contributed by atoms with Crippen LogP contribution in [0.1, 0.15) is 53.0 Å². The third-order valence-corrected chi connectivity index (χ3v) is 4.48. The first-order valence-electron chi connectivity index (χ1n) is 10.5. The highest BCUT2D eigenvalue weighted by atomic mass is 16.5. The first-order valence-corrected chi connectivity index (χ1v) is 10.5. The number of rotatable bonds is 13. The summed E-state index contributed by atoms with van der Waals surface area (Å²) in [6.07, 6.45) is -1.17. The molecule has 0 saturated carbocycles. The third kappa shape index (κ3) is 7.77. The number of carbonyl (C=O) groups excluding carboxylic acids is 6. The topological polar surface area (TPSA) is 130 Å². The molecule has 0 aliphatic heterocycles. The number of carbonyl (C=O) groups is 6. The molecule has 2 aromatic carbocycles. The molecule has 0 aliphatic carbocycles. The summed E-state index contributed by atoms with van der Waals surface area (Å²) in [5.41, 5.74) is 1.14. The average molecular weight is 468 g/mol. The highest BCUT2D eigenvalue weighted by Gasteiger charge is 2.21. The van der Waals surface area contributed by atoms with Crippen molar-refractivity contribution in [2.24, 2.45) is 0 Å². The summed E-state index contributed by atoms with van der Waals surface area (Å²) in [6, 6.07) is 12.5. The van der Waals surface area contributed by atoms with Crippen molar-refractivity contribution in [3.8, 4) is 5.75 Å². The molecule has 2 aromatic rings. The molecule has 0 radical (unpaired) electrons. The van der Waals surface area contributed by atoms with Gasteiger partial charge in [-0.3, -0.25) is 19.2 Å². The Morgan fingerprint density at radius 2 is 1.21 bits per heavy atom. The average Bonchev–Trinajstić information content (AvgIpc) is 2.83. The van der Waals surface area contributed by atoms with E-state index in [0.29, 0.717) is 11.3 Å². The van der Waals surface area contributed by atoms with E-state index in [0.717, 1.165) is 0 Å². The molecule has 0 aliphatic rings. The number of esters is 2. The van der Waals surface area contributed by atoms with Gasteiger partial charge in [-0.05, 0) is 49.7 Å². The lowest BCUT2D eigenvalue weighted by atomic mass is 10.0. The predicted molar refractivity (Wildman–Crippen MR) is 118 cm³/mol. The molecule has 0 unspecified atom stereocenters. The number of Topliss-reactive ketones (excluding diaryl/α,β-unsaturated/α-hetero) is 4. The van der Waals surface area contributed by atoms with Crippen LogP contribution in [0.15, 0.2) is 48.5 Å². The van der Waals surface area contributed by atoms with E-state index in [9.17, 15) is 28.8 Å². The van der Waals surface area contributed by atoms with Gasteiger partial charge in [0, 0.05) is 11.1 Å². The normalized spacial score (nSPS) is 10.2. The van der Waals surface area contributed by atoms with Crippen LogP contribution in [0, 0.1) is 0 Å². The minimum absolute atomic E-state index is 0.0481. The summed E-state index contributed by atoms with van der Waals surface area (Å²) in [6.45, 7) is 3.32. The van der Waals surface area contributed by atoms with E-state index in [1.165, 1.54) is 30.3 Å². The number of benzene rings is 2. The van der Waals surface area contributed by atoms with Crippen molar-refractivity contribution >= 4 is 35.1 Å². The van der Waals surface area contributed by atoms with Crippen molar-refractivity contribution in [3.63, 3.8) is 0 Å². The van der Waals surface area contributed by atoms with Gasteiger partial charge in [-0.15, -0.1) is 0 Å². The van der Waals surface area contributed by atoms with Gasteiger partial charge < -0.3 is 14.2 Å². The van der Waals surface area contributed by atoms with E-state index in [1.807, 2.05) is 0 Å². The maximum absolute atomic E-state index is 12.3. The lowest BCUT2D eigenvalue weighted by Crippen LogP contribution is -2.20. The Bertz CT molecular complexity index is 1080. The van der Waals surface area contributed by atoms with E-state index in [-0.39, 0.29) is 30.9 Å². The smallest absolute Gasteiger partial charge is 0.375 e. The standard InChI is InChI=1S/C25H24O9/c1-3-32-24(30)22(28)13-20(26)17-8-10-19(11-9-17)34-15-16-6-5-7-18(12-16)21(27)14-23(29)25(31)33-4-2/h5-12H,3-4,13-15H2,1-2H3. The van der Waals surface area contributed by atoms with Gasteiger partial charge in [-0.25, -0.2) is 9.59 Å². The SMILES string of the molecule is CCOC(=O)C(=O)CC(=O)c1ccc(OCc2cccc(C(=O)CC(=O)C(=O)OCC)c2)cc1. The summed E-state index contributed by atoms with van der Waals surface area (Å²) >= 11 is 0. The van der Waals surface area contributed by atoms with Gasteiger partial charge in [0.05, 0.1) is 26.1 Å². The molecule has 0 N–H and O–H groups in total. The summed E-state index contributed by atoms with van der Waals surface area (Å²) in [4.78, 5) is 70.6. The van der Waals surface area contributed by atoms with Crippen molar-refractivity contribution in [2.75, 3.05) is 13.2 Å². The quantitative estimate of drug-likeness (QED) is 0.188. The van der Waals surface area contributed by atoms with Crippen molar-refractivity contribution in [2.45, 2.75) is 33.3 Å². The van der Waals surface area contributed by atoms with Gasteiger partial charge in [-0.1, -0.05) is 18.2 Å². The lowest BCUT2D eigenvalue weighted by Gasteiger charge is -2.08. The van der Waals surface area contributed by atoms with Crippen molar-refractivity contribution < 1.29 is 43.0 Å². The maximum Gasteiger partial charge on any atom is 0.375 e. The Hall–Kier alpha value is -4.14. The van der Waals surface area contributed by atoms with Crippen LogP contribution >= 0.6 is 0 Å². The van der Waals surface area contributed by atoms with Crippen LogP contribution in [-0.4, -0.2) is 48.3 Å². The van der Waals surface area contributed by atoms with Crippen molar-refractivity contribution in [1.82, 2.24) is 0 Å². The number of hydrogen-bond acceptors (Lipinski definition) is 9. The van der Waals surface area contributed by atoms with Crippen LogP contribution in [0.4, 0.5) is 0 Å². The Kier molecular flexibility index (Phi) is 9.82. The lowest BCUT2D eigenvalue weighted by molar-refractivity contribution is -0.153.